The van der Waals surface area contributed by atoms with E-state index in [1.54, 1.807) is 0 Å². The van der Waals surface area contributed by atoms with Crippen LogP contribution in [0.5, 0.6) is 0 Å². The molecular weight excluding hydrogens is 382 g/mol. The van der Waals surface area contributed by atoms with Crippen molar-refractivity contribution in [1.82, 2.24) is 0 Å². The Kier molecular flexibility index (Phi) is 8.96. The molecule has 0 aromatic rings. The number of halogens is 2. The number of hydrogen-bond donors (Lipinski definition) is 0. The summed E-state index contributed by atoms with van der Waals surface area (Å²) < 4.78 is 0.668. The van der Waals surface area contributed by atoms with Crippen molar-refractivity contribution in [2.45, 2.75) is 33.5 Å². The summed E-state index contributed by atoms with van der Waals surface area (Å²) in [6.07, 6.45) is 5.46. The molecule has 0 N–H and O–H groups in total. The van der Waals surface area contributed by atoms with Gasteiger partial charge in [-0.05, 0) is 19.3 Å². The van der Waals surface area contributed by atoms with Crippen molar-refractivity contribution in [3.8, 4) is 0 Å². The lowest BCUT2D eigenvalue weighted by Crippen LogP contribution is -2.04. The van der Waals surface area contributed by atoms with Crippen LogP contribution in [0.3, 0.4) is 0 Å². The second-order valence-corrected chi connectivity index (χ2v) is 5.93. The van der Waals surface area contributed by atoms with Gasteiger partial charge in [-0.15, -0.1) is 0 Å². The van der Waals surface area contributed by atoms with E-state index >= 15 is 0 Å². The van der Waals surface area contributed by atoms with Gasteiger partial charge in [-0.1, -0.05) is 45.2 Å². The van der Waals surface area contributed by atoms with Gasteiger partial charge in [0.2, 0.25) is 0 Å². The van der Waals surface area contributed by atoms with Crippen molar-refractivity contribution >= 4 is 57.8 Å². The van der Waals surface area contributed by atoms with Gasteiger partial charge in [0.1, 0.15) is 12.6 Å². The summed E-state index contributed by atoms with van der Waals surface area (Å²) in [5, 5.41) is 0. The second kappa shape index (κ2) is 8.40. The molecule has 2 nitrogen and oxygen atoms in total. The Morgan fingerprint density at radius 1 is 1.08 bits per heavy atom. The van der Waals surface area contributed by atoms with Crippen LogP contribution in [0.4, 0.5) is 0 Å². The first-order valence-electron chi connectivity index (χ1n) is 3.87. The number of aldehydes is 2. The lowest BCUT2D eigenvalue weighted by atomic mass is 10.1. The van der Waals surface area contributed by atoms with Gasteiger partial charge in [0.25, 0.3) is 0 Å². The van der Waals surface area contributed by atoms with Gasteiger partial charge in [-0.25, -0.2) is 0 Å². The predicted octanol–water partition coefficient (Wildman–Crippen LogP) is 2.55. The molecule has 0 amide bonds. The Hall–Kier alpha value is 0.800. The maximum atomic E-state index is 10.3. The Balaban J connectivity index is 3.35. The molecule has 0 fully saturated rings. The Labute approximate surface area is 100 Å². The summed E-state index contributed by atoms with van der Waals surface area (Å²) in [5.41, 5.74) is 0. The number of carbonyl (C=O) groups excluding carboxylic acids is 2. The molecule has 0 saturated carbocycles. The fourth-order valence-corrected chi connectivity index (χ4v) is 1.88. The van der Waals surface area contributed by atoms with E-state index in [1.807, 2.05) is 0 Å². The number of rotatable bonds is 7. The average molecular weight is 394 g/mol. The van der Waals surface area contributed by atoms with Crippen molar-refractivity contribution in [2.24, 2.45) is 0 Å². The number of carbonyl (C=O) groups is 2. The highest BCUT2D eigenvalue weighted by Gasteiger charge is 2.07. The highest BCUT2D eigenvalue weighted by atomic mass is 127. The van der Waals surface area contributed by atoms with Crippen molar-refractivity contribution in [3.63, 3.8) is 0 Å². The Morgan fingerprint density at radius 2 is 1.75 bits per heavy atom. The van der Waals surface area contributed by atoms with Crippen LogP contribution in [-0.2, 0) is 9.59 Å². The molecule has 4 heteroatoms. The zero-order chi connectivity index (χ0) is 9.40. The van der Waals surface area contributed by atoms with Gasteiger partial charge in [-0.3, -0.25) is 0 Å². The van der Waals surface area contributed by atoms with Crippen LogP contribution in [0, 0.1) is 0 Å². The molecule has 0 spiro atoms. The summed E-state index contributed by atoms with van der Waals surface area (Å²) in [6.45, 7) is 0. The van der Waals surface area contributed by atoms with Crippen LogP contribution < -0.4 is 0 Å². The molecule has 2 atom stereocenters. The van der Waals surface area contributed by atoms with Crippen LogP contribution in [0.2, 0.25) is 0 Å². The molecule has 0 aliphatic rings. The molecular formula is C8H12I2O2. The zero-order valence-electron chi connectivity index (χ0n) is 6.71. The third-order valence-corrected chi connectivity index (χ3v) is 3.66. The Bertz CT molecular complexity index is 139. The van der Waals surface area contributed by atoms with E-state index in [1.165, 1.54) is 0 Å². The highest BCUT2D eigenvalue weighted by molar-refractivity contribution is 14.1. The first-order valence-corrected chi connectivity index (χ1v) is 6.37. The SMILES string of the molecule is O=CCCC(I)CCC(I)C=O. The van der Waals surface area contributed by atoms with E-state index in [4.69, 9.17) is 0 Å². The topological polar surface area (TPSA) is 34.1 Å². The van der Waals surface area contributed by atoms with Gasteiger partial charge in [0.15, 0.2) is 0 Å². The van der Waals surface area contributed by atoms with Crippen LogP contribution in [0.15, 0.2) is 0 Å². The Morgan fingerprint density at radius 3 is 2.25 bits per heavy atom. The molecule has 0 aliphatic heterocycles. The number of alkyl halides is 2. The molecule has 70 valence electrons. The molecule has 0 bridgehead atoms. The molecule has 0 saturated heterocycles. The monoisotopic (exact) mass is 394 g/mol. The van der Waals surface area contributed by atoms with E-state index < -0.39 is 0 Å². The summed E-state index contributed by atoms with van der Waals surface area (Å²) >= 11 is 4.47. The van der Waals surface area contributed by atoms with E-state index in [-0.39, 0.29) is 3.92 Å². The van der Waals surface area contributed by atoms with Gasteiger partial charge in [-0.2, -0.15) is 0 Å². The van der Waals surface area contributed by atoms with Crippen LogP contribution in [-0.4, -0.2) is 20.4 Å². The van der Waals surface area contributed by atoms with Crippen LogP contribution in [0.25, 0.3) is 0 Å². The predicted molar refractivity (Wildman–Crippen MR) is 66.2 cm³/mol. The maximum Gasteiger partial charge on any atom is 0.132 e. The van der Waals surface area contributed by atoms with E-state index in [2.05, 4.69) is 45.2 Å². The average Bonchev–Trinajstić information content (AvgIpc) is 2.10. The summed E-state index contributed by atoms with van der Waals surface area (Å²) in [4.78, 5) is 20.3. The molecule has 0 rings (SSSR count). The fraction of sp³-hybridized carbons (Fsp3) is 0.750. The molecule has 0 radical (unpaired) electrons. The van der Waals surface area contributed by atoms with Gasteiger partial charge >= 0.3 is 0 Å². The van der Waals surface area contributed by atoms with Gasteiger partial charge in [0, 0.05) is 10.3 Å². The quantitative estimate of drug-likeness (QED) is 0.378. The lowest BCUT2D eigenvalue weighted by Gasteiger charge is -2.07. The minimum Gasteiger partial charge on any atom is -0.303 e. The molecule has 0 aromatic carbocycles. The largest absolute Gasteiger partial charge is 0.303 e. The van der Waals surface area contributed by atoms with Gasteiger partial charge < -0.3 is 9.59 Å². The third-order valence-electron chi connectivity index (χ3n) is 1.50. The fourth-order valence-electron chi connectivity index (χ4n) is 0.801. The first-order chi connectivity index (χ1) is 5.70. The third kappa shape index (κ3) is 7.45. The van der Waals surface area contributed by atoms with E-state index in [0.29, 0.717) is 10.3 Å². The van der Waals surface area contributed by atoms with Crippen molar-refractivity contribution in [3.05, 3.63) is 0 Å². The lowest BCUT2D eigenvalue weighted by molar-refractivity contribution is -0.108. The van der Waals surface area contributed by atoms with Crippen molar-refractivity contribution < 1.29 is 9.59 Å². The molecule has 2 unspecified atom stereocenters. The minimum absolute atomic E-state index is 0.135. The number of hydrogen-bond acceptors (Lipinski definition) is 2. The molecule has 0 heterocycles. The van der Waals surface area contributed by atoms with Crippen LogP contribution in [0.1, 0.15) is 25.7 Å². The summed E-state index contributed by atoms with van der Waals surface area (Å²) in [7, 11) is 0. The van der Waals surface area contributed by atoms with E-state index in [0.717, 1.165) is 31.8 Å². The minimum atomic E-state index is 0.135. The first kappa shape index (κ1) is 12.8. The summed E-state index contributed by atoms with van der Waals surface area (Å²) in [6, 6.07) is 0. The zero-order valence-corrected chi connectivity index (χ0v) is 11.0. The maximum absolute atomic E-state index is 10.3. The highest BCUT2D eigenvalue weighted by Crippen LogP contribution is 2.17. The molecule has 0 aliphatic carbocycles. The second-order valence-electron chi connectivity index (χ2n) is 2.57. The normalized spacial score (nSPS) is 15.2. The molecule has 12 heavy (non-hydrogen) atoms. The summed E-state index contributed by atoms with van der Waals surface area (Å²) in [5.74, 6) is 0. The smallest absolute Gasteiger partial charge is 0.132 e. The molecule has 0 aromatic heterocycles. The van der Waals surface area contributed by atoms with E-state index in [9.17, 15) is 9.59 Å². The van der Waals surface area contributed by atoms with Crippen molar-refractivity contribution in [2.75, 3.05) is 0 Å². The van der Waals surface area contributed by atoms with Crippen molar-refractivity contribution in [1.29, 1.82) is 0 Å². The van der Waals surface area contributed by atoms with Crippen LogP contribution >= 0.6 is 45.2 Å². The standard InChI is InChI=1S/C8H12I2O2/c9-7(2-1-5-11)3-4-8(10)6-12/h5-8H,1-4H2. The van der Waals surface area contributed by atoms with Gasteiger partial charge in [0.05, 0.1) is 3.92 Å².